The summed E-state index contributed by atoms with van der Waals surface area (Å²) in [7, 11) is 0. The van der Waals surface area contributed by atoms with E-state index in [1.807, 2.05) is 55.5 Å². The first kappa shape index (κ1) is 25.8. The Bertz CT molecular complexity index is 1900. The van der Waals surface area contributed by atoms with Crippen molar-refractivity contribution in [1.29, 1.82) is 0 Å². The predicted molar refractivity (Wildman–Crippen MR) is 160 cm³/mol. The van der Waals surface area contributed by atoms with Gasteiger partial charge in [0.2, 0.25) is 0 Å². The van der Waals surface area contributed by atoms with Crippen molar-refractivity contribution in [3.63, 3.8) is 0 Å². The number of carbonyl (C=O) groups is 2. The first-order valence-corrected chi connectivity index (χ1v) is 14.2. The van der Waals surface area contributed by atoms with E-state index in [2.05, 4.69) is 0 Å². The summed E-state index contributed by atoms with van der Waals surface area (Å²) >= 11 is 1.32. The number of amides is 1. The highest BCUT2D eigenvalue weighted by Gasteiger charge is 2.48. The number of aliphatic hydroxyl groups excluding tert-OH is 1. The van der Waals surface area contributed by atoms with Gasteiger partial charge < -0.3 is 19.3 Å². The number of aliphatic hydroxyl groups is 1. The number of aromatic nitrogens is 1. The van der Waals surface area contributed by atoms with E-state index in [0.29, 0.717) is 58.0 Å². The molecule has 0 bridgehead atoms. The molecular weight excluding hydrogens is 552 g/mol. The second kappa shape index (κ2) is 10.4. The maximum absolute atomic E-state index is 13.7. The second-order valence-electron chi connectivity index (χ2n) is 9.98. The Morgan fingerprint density at radius 1 is 0.905 bits per heavy atom. The van der Waals surface area contributed by atoms with Crippen molar-refractivity contribution in [1.82, 2.24) is 4.98 Å². The Hall–Kier alpha value is -5.15. The Balaban J connectivity index is 1.39. The fraction of sp³-hybridized carbons (Fsp3) is 0.121. The third-order valence-electron chi connectivity index (χ3n) is 7.15. The number of benzene rings is 4. The molecule has 8 nitrogen and oxygen atoms in total. The average molecular weight is 577 g/mol. The molecule has 2 aliphatic heterocycles. The second-order valence-corrected chi connectivity index (χ2v) is 11.0. The molecule has 1 N–H and O–H groups in total. The molecule has 2 aliphatic rings. The third-order valence-corrected chi connectivity index (χ3v) is 8.17. The SMILES string of the molecule is Cc1ccc2nc(N3C(=O)C(=O)/C(=C(/O)c4ccc5c(c4)OCCO5)[C@H]3c3cccc(Oc4ccccc4)c3)sc2c1. The van der Waals surface area contributed by atoms with Crippen LogP contribution in [0.25, 0.3) is 16.0 Å². The van der Waals surface area contributed by atoms with Gasteiger partial charge in [0, 0.05) is 5.56 Å². The van der Waals surface area contributed by atoms with Crippen LogP contribution in [-0.2, 0) is 9.59 Å². The quantitative estimate of drug-likeness (QED) is 0.140. The molecule has 1 aromatic heterocycles. The number of ether oxygens (including phenoxy) is 3. The number of para-hydroxylation sites is 1. The van der Waals surface area contributed by atoms with Crippen LogP contribution < -0.4 is 19.1 Å². The lowest BCUT2D eigenvalue weighted by atomic mass is 9.95. The first-order chi connectivity index (χ1) is 20.5. The standard InChI is InChI=1S/C33H24N2O6S/c1-19-10-12-24-27(16-19)42-33(34-24)35-29(20-6-5-9-23(17-20)41-22-7-3-2-4-8-22)28(31(37)32(35)38)30(36)21-11-13-25-26(18-21)40-15-14-39-25/h2-13,16-18,29,36H,14-15H2,1H3/b30-28+/t29-/m1/s1. The highest BCUT2D eigenvalue weighted by atomic mass is 32.1. The zero-order chi connectivity index (χ0) is 28.8. The van der Waals surface area contributed by atoms with Crippen LogP contribution in [0.2, 0.25) is 0 Å². The summed E-state index contributed by atoms with van der Waals surface area (Å²) in [5.41, 5.74) is 2.63. The number of Topliss-reactive ketones (excluding diaryl/α,β-unsaturated/α-hetero) is 1. The molecule has 208 valence electrons. The minimum absolute atomic E-state index is 0.0519. The number of hydrogen-bond donors (Lipinski definition) is 1. The fourth-order valence-electron chi connectivity index (χ4n) is 5.19. The lowest BCUT2D eigenvalue weighted by Crippen LogP contribution is -2.29. The van der Waals surface area contributed by atoms with Crippen LogP contribution >= 0.6 is 11.3 Å². The van der Waals surface area contributed by atoms with E-state index in [0.717, 1.165) is 10.3 Å². The van der Waals surface area contributed by atoms with Crippen molar-refractivity contribution >= 4 is 44.1 Å². The molecule has 0 radical (unpaired) electrons. The van der Waals surface area contributed by atoms with Gasteiger partial charge in [-0.1, -0.05) is 47.7 Å². The molecule has 5 aromatic rings. The van der Waals surface area contributed by atoms with Gasteiger partial charge in [-0.3, -0.25) is 14.5 Å². The van der Waals surface area contributed by atoms with Crippen molar-refractivity contribution in [3.05, 3.63) is 113 Å². The van der Waals surface area contributed by atoms with Crippen LogP contribution in [0, 0.1) is 6.92 Å². The number of nitrogens with zero attached hydrogens (tertiary/aromatic N) is 2. The van der Waals surface area contributed by atoms with Gasteiger partial charge in [-0.05, 0) is 72.6 Å². The molecule has 0 saturated carbocycles. The largest absolute Gasteiger partial charge is 0.507 e. The smallest absolute Gasteiger partial charge is 0.301 e. The predicted octanol–water partition coefficient (Wildman–Crippen LogP) is 6.79. The van der Waals surface area contributed by atoms with Gasteiger partial charge in [-0.15, -0.1) is 0 Å². The topological polar surface area (TPSA) is 98.2 Å². The Morgan fingerprint density at radius 3 is 2.52 bits per heavy atom. The highest BCUT2D eigenvalue weighted by molar-refractivity contribution is 7.22. The number of fused-ring (bicyclic) bond motifs is 2. The molecule has 3 heterocycles. The van der Waals surface area contributed by atoms with Gasteiger partial charge in [0.05, 0.1) is 21.8 Å². The fourth-order valence-corrected chi connectivity index (χ4v) is 6.28. The third kappa shape index (κ3) is 4.53. The summed E-state index contributed by atoms with van der Waals surface area (Å²) in [4.78, 5) is 33.5. The Kier molecular flexibility index (Phi) is 6.36. The Morgan fingerprint density at radius 2 is 1.69 bits per heavy atom. The maximum Gasteiger partial charge on any atom is 0.301 e. The number of carbonyl (C=O) groups excluding carboxylic acids is 2. The van der Waals surface area contributed by atoms with Crippen molar-refractivity contribution in [2.24, 2.45) is 0 Å². The number of hydrogen-bond acceptors (Lipinski definition) is 8. The normalized spacial score (nSPS) is 17.5. The number of rotatable bonds is 5. The minimum Gasteiger partial charge on any atom is -0.507 e. The van der Waals surface area contributed by atoms with E-state index in [1.165, 1.54) is 16.2 Å². The van der Waals surface area contributed by atoms with E-state index in [4.69, 9.17) is 19.2 Å². The molecule has 0 spiro atoms. The van der Waals surface area contributed by atoms with Gasteiger partial charge in [0.1, 0.15) is 30.5 Å². The summed E-state index contributed by atoms with van der Waals surface area (Å²) in [6.07, 6.45) is 0. The summed E-state index contributed by atoms with van der Waals surface area (Å²) < 4.78 is 18.3. The summed E-state index contributed by atoms with van der Waals surface area (Å²) in [6, 6.07) is 26.3. The van der Waals surface area contributed by atoms with Crippen molar-refractivity contribution < 1.29 is 28.9 Å². The molecule has 0 aliphatic carbocycles. The van der Waals surface area contributed by atoms with Gasteiger partial charge in [0.15, 0.2) is 16.6 Å². The number of aryl methyl sites for hydroxylation is 1. The van der Waals surface area contributed by atoms with Gasteiger partial charge in [-0.2, -0.15) is 0 Å². The van der Waals surface area contributed by atoms with Crippen LogP contribution in [0.4, 0.5) is 5.13 Å². The molecule has 0 unspecified atom stereocenters. The highest BCUT2D eigenvalue weighted by Crippen LogP contribution is 2.46. The summed E-state index contributed by atoms with van der Waals surface area (Å²) in [5.74, 6) is 0.261. The number of anilines is 1. The van der Waals surface area contributed by atoms with E-state index < -0.39 is 17.7 Å². The van der Waals surface area contributed by atoms with Crippen LogP contribution in [0.1, 0.15) is 22.7 Å². The van der Waals surface area contributed by atoms with Crippen LogP contribution in [0.15, 0.2) is 96.6 Å². The number of thiazole rings is 1. The van der Waals surface area contributed by atoms with Crippen LogP contribution in [0.5, 0.6) is 23.0 Å². The molecule has 1 atom stereocenters. The molecule has 7 rings (SSSR count). The molecule has 1 saturated heterocycles. The van der Waals surface area contributed by atoms with Crippen LogP contribution in [-0.4, -0.2) is 35.0 Å². The van der Waals surface area contributed by atoms with E-state index in [9.17, 15) is 14.7 Å². The van der Waals surface area contributed by atoms with Crippen molar-refractivity contribution in [2.45, 2.75) is 13.0 Å². The maximum atomic E-state index is 13.7. The van der Waals surface area contributed by atoms with Gasteiger partial charge in [-0.25, -0.2) is 4.98 Å². The minimum atomic E-state index is -0.959. The van der Waals surface area contributed by atoms with Crippen LogP contribution in [0.3, 0.4) is 0 Å². The lowest BCUT2D eigenvalue weighted by Gasteiger charge is -2.23. The van der Waals surface area contributed by atoms with Gasteiger partial charge >= 0.3 is 5.91 Å². The summed E-state index contributed by atoms with van der Waals surface area (Å²) in [5, 5.41) is 12.0. The Labute approximate surface area is 245 Å². The molecule has 9 heteroatoms. The van der Waals surface area contributed by atoms with E-state index in [-0.39, 0.29) is 11.3 Å². The zero-order valence-electron chi connectivity index (χ0n) is 22.4. The summed E-state index contributed by atoms with van der Waals surface area (Å²) in [6.45, 7) is 2.77. The van der Waals surface area contributed by atoms with Crippen molar-refractivity contribution in [3.8, 4) is 23.0 Å². The average Bonchev–Trinajstić information content (AvgIpc) is 3.54. The molecule has 1 fully saturated rings. The monoisotopic (exact) mass is 576 g/mol. The zero-order valence-corrected chi connectivity index (χ0v) is 23.3. The van der Waals surface area contributed by atoms with E-state index >= 15 is 0 Å². The molecule has 42 heavy (non-hydrogen) atoms. The lowest BCUT2D eigenvalue weighted by molar-refractivity contribution is -0.132. The van der Waals surface area contributed by atoms with Gasteiger partial charge in [0.25, 0.3) is 5.78 Å². The number of ketones is 1. The molecule has 4 aromatic carbocycles. The van der Waals surface area contributed by atoms with E-state index in [1.54, 1.807) is 42.5 Å². The molecular formula is C33H24N2O6S. The first-order valence-electron chi connectivity index (χ1n) is 13.4. The van der Waals surface area contributed by atoms with Crippen molar-refractivity contribution in [2.75, 3.05) is 18.1 Å². The molecule has 1 amide bonds.